The molecule has 15 N–H and O–H groups in total. The maximum atomic E-state index is 14.2. The highest BCUT2D eigenvalue weighted by molar-refractivity contribution is 5.97. The third-order valence-corrected chi connectivity index (χ3v) is 10.8. The summed E-state index contributed by atoms with van der Waals surface area (Å²) in [7, 11) is 0. The summed E-state index contributed by atoms with van der Waals surface area (Å²) in [5.41, 5.74) is 17.5. The molecule has 0 saturated carbocycles. The van der Waals surface area contributed by atoms with Crippen molar-refractivity contribution < 1.29 is 38.4 Å². The van der Waals surface area contributed by atoms with E-state index in [0.717, 1.165) is 12.0 Å². The molecule has 2 saturated heterocycles. The first kappa shape index (κ1) is 52.5. The molecule has 0 radical (unpaired) electrons. The van der Waals surface area contributed by atoms with Gasteiger partial charge in [0, 0.05) is 19.5 Å². The molecule has 64 heavy (non-hydrogen) atoms. The molecule has 2 aliphatic rings. The topological polar surface area (TPSA) is 335 Å². The van der Waals surface area contributed by atoms with Gasteiger partial charge in [0.2, 0.25) is 47.3 Å². The van der Waals surface area contributed by atoms with Gasteiger partial charge in [-0.1, -0.05) is 44.2 Å². The smallest absolute Gasteiger partial charge is 0.243 e. The van der Waals surface area contributed by atoms with Crippen LogP contribution in [0.25, 0.3) is 0 Å². The fourth-order valence-electron chi connectivity index (χ4n) is 7.29. The second kappa shape index (κ2) is 28.1. The number of hydrogen-bond acceptors (Lipinski definition) is 11. The quantitative estimate of drug-likeness (QED) is 0.0369. The first-order valence-corrected chi connectivity index (χ1v) is 22.5. The first-order valence-electron chi connectivity index (χ1n) is 22.5. The minimum absolute atomic E-state index is 0.0300. The summed E-state index contributed by atoms with van der Waals surface area (Å²) < 4.78 is 0. The lowest BCUT2D eigenvalue weighted by molar-refractivity contribution is -0.136. The van der Waals surface area contributed by atoms with E-state index in [4.69, 9.17) is 17.2 Å². The van der Waals surface area contributed by atoms with E-state index in [9.17, 15) is 38.4 Å². The molecular weight excluding hydrogens is 827 g/mol. The van der Waals surface area contributed by atoms with Crippen molar-refractivity contribution in [2.45, 2.75) is 140 Å². The van der Waals surface area contributed by atoms with Gasteiger partial charge in [0.05, 0.1) is 12.6 Å². The van der Waals surface area contributed by atoms with E-state index in [-0.39, 0.29) is 75.9 Å². The molecule has 1 aromatic rings. The molecule has 21 heteroatoms. The number of guanidine groups is 1. The van der Waals surface area contributed by atoms with Gasteiger partial charge in [-0.15, -0.1) is 0 Å². The highest BCUT2D eigenvalue weighted by Crippen LogP contribution is 2.12. The minimum Gasteiger partial charge on any atom is -0.370 e. The summed E-state index contributed by atoms with van der Waals surface area (Å²) in [6, 6.07) is 1.91. The van der Waals surface area contributed by atoms with Crippen LogP contribution in [0, 0.1) is 5.92 Å². The molecule has 356 valence electrons. The van der Waals surface area contributed by atoms with Gasteiger partial charge in [-0.2, -0.15) is 0 Å². The lowest BCUT2D eigenvalue weighted by atomic mass is 10.00. The molecule has 1 aromatic carbocycles. The van der Waals surface area contributed by atoms with Gasteiger partial charge in [-0.3, -0.25) is 43.3 Å². The SMILES string of the molecule is CC(C)C[C@@H]1NC(=O)[C@@H](NC(=O)[C@H](CCCN=C(N)N)NC(=O)[C@H](CCCCN)NC(=O)[C@H](C)NC(=O)[C@H]2CCCN2)CCCCNC(=O)CNC(=O)[C@H](Cc2ccccc2)NC1=O. The molecule has 0 spiro atoms. The Hall–Kier alpha value is -5.83. The number of benzene rings is 1. The minimum atomic E-state index is -1.24. The average molecular weight is 898 g/mol. The van der Waals surface area contributed by atoms with Crippen LogP contribution in [0.15, 0.2) is 35.3 Å². The lowest BCUT2D eigenvalue weighted by Crippen LogP contribution is -2.60. The van der Waals surface area contributed by atoms with Crippen LogP contribution >= 0.6 is 0 Å². The number of aliphatic imine (C=N–C) groups is 1. The van der Waals surface area contributed by atoms with E-state index in [1.165, 1.54) is 6.92 Å². The van der Waals surface area contributed by atoms with Crippen molar-refractivity contribution >= 4 is 53.2 Å². The monoisotopic (exact) mass is 898 g/mol. The zero-order valence-electron chi connectivity index (χ0n) is 37.5. The van der Waals surface area contributed by atoms with Crippen molar-refractivity contribution in [2.75, 3.05) is 32.7 Å². The number of carbonyl (C=O) groups excluding carboxylic acids is 8. The van der Waals surface area contributed by atoms with Crippen molar-refractivity contribution in [1.29, 1.82) is 0 Å². The largest absolute Gasteiger partial charge is 0.370 e. The Kier molecular flexibility index (Phi) is 23.0. The van der Waals surface area contributed by atoms with E-state index in [0.29, 0.717) is 45.2 Å². The van der Waals surface area contributed by atoms with Crippen LogP contribution in [0.5, 0.6) is 0 Å². The molecule has 2 aliphatic heterocycles. The highest BCUT2D eigenvalue weighted by atomic mass is 16.2. The zero-order valence-corrected chi connectivity index (χ0v) is 37.5. The number of amides is 8. The Bertz CT molecular complexity index is 1740. The first-order chi connectivity index (χ1) is 30.6. The van der Waals surface area contributed by atoms with Crippen LogP contribution in [-0.4, -0.2) is 128 Å². The van der Waals surface area contributed by atoms with E-state index >= 15 is 0 Å². The molecule has 21 nitrogen and oxygen atoms in total. The van der Waals surface area contributed by atoms with Crippen LogP contribution in [-0.2, 0) is 44.8 Å². The summed E-state index contributed by atoms with van der Waals surface area (Å²) in [5, 5.41) is 24.9. The number of nitrogens with one attached hydrogen (secondary N) is 9. The molecule has 2 heterocycles. The van der Waals surface area contributed by atoms with Gasteiger partial charge in [-0.05, 0) is 102 Å². The van der Waals surface area contributed by atoms with Gasteiger partial charge in [0.1, 0.15) is 36.3 Å². The summed E-state index contributed by atoms with van der Waals surface area (Å²) in [5.74, 6) is -4.88. The lowest BCUT2D eigenvalue weighted by Gasteiger charge is -2.28. The zero-order chi connectivity index (χ0) is 47.0. The number of carbonyl (C=O) groups is 8. The normalized spacial score (nSPS) is 21.5. The van der Waals surface area contributed by atoms with Gasteiger partial charge in [-0.25, -0.2) is 0 Å². The molecule has 0 bridgehead atoms. The van der Waals surface area contributed by atoms with Crippen LogP contribution in [0.1, 0.15) is 97.0 Å². The predicted molar refractivity (Wildman–Crippen MR) is 241 cm³/mol. The fourth-order valence-corrected chi connectivity index (χ4v) is 7.29. The van der Waals surface area contributed by atoms with Crippen molar-refractivity contribution in [3.8, 4) is 0 Å². The Labute approximate surface area is 375 Å². The van der Waals surface area contributed by atoms with Crippen LogP contribution in [0.2, 0.25) is 0 Å². The number of hydrogen-bond donors (Lipinski definition) is 12. The van der Waals surface area contributed by atoms with Crippen LogP contribution < -0.4 is 65.1 Å². The third-order valence-electron chi connectivity index (χ3n) is 10.8. The summed E-state index contributed by atoms with van der Waals surface area (Å²) in [4.78, 5) is 112. The van der Waals surface area contributed by atoms with E-state index in [1.54, 1.807) is 24.3 Å². The second-order valence-corrected chi connectivity index (χ2v) is 16.8. The van der Waals surface area contributed by atoms with Crippen LogP contribution in [0.4, 0.5) is 0 Å². The van der Waals surface area contributed by atoms with Crippen molar-refractivity contribution in [1.82, 2.24) is 47.9 Å². The van der Waals surface area contributed by atoms with E-state index in [2.05, 4.69) is 52.8 Å². The molecule has 0 aliphatic carbocycles. The summed E-state index contributed by atoms with van der Waals surface area (Å²) in [6.45, 7) is 6.33. The van der Waals surface area contributed by atoms with Gasteiger partial charge >= 0.3 is 0 Å². The fraction of sp³-hybridized carbons (Fsp3) is 0.651. The van der Waals surface area contributed by atoms with Gasteiger partial charge in [0.15, 0.2) is 5.96 Å². The third kappa shape index (κ3) is 19.3. The van der Waals surface area contributed by atoms with Gasteiger partial charge in [0.25, 0.3) is 0 Å². The van der Waals surface area contributed by atoms with Crippen molar-refractivity contribution in [2.24, 2.45) is 28.1 Å². The molecule has 3 rings (SSSR count). The summed E-state index contributed by atoms with van der Waals surface area (Å²) >= 11 is 0. The Morgan fingerprint density at radius 3 is 2.11 bits per heavy atom. The maximum absolute atomic E-state index is 14.2. The highest BCUT2D eigenvalue weighted by Gasteiger charge is 2.34. The molecule has 2 fully saturated rings. The van der Waals surface area contributed by atoms with Crippen LogP contribution in [0.3, 0.4) is 0 Å². The number of rotatable bonds is 20. The molecule has 0 unspecified atom stereocenters. The summed E-state index contributed by atoms with van der Waals surface area (Å²) in [6.07, 6.45) is 4.11. The molecule has 0 aromatic heterocycles. The van der Waals surface area contributed by atoms with Gasteiger partial charge < -0.3 is 65.1 Å². The molecular formula is C43H71N13O8. The maximum Gasteiger partial charge on any atom is 0.243 e. The Balaban J connectivity index is 1.87. The molecule has 7 atom stereocenters. The average Bonchev–Trinajstić information content (AvgIpc) is 3.80. The van der Waals surface area contributed by atoms with E-state index in [1.807, 2.05) is 19.9 Å². The Morgan fingerprint density at radius 2 is 1.44 bits per heavy atom. The number of unbranched alkanes of at least 4 members (excludes halogenated alkanes) is 1. The number of nitrogens with two attached hydrogens (primary N) is 3. The van der Waals surface area contributed by atoms with E-state index < -0.39 is 83.6 Å². The standard InChI is InChI=1S/C43H71N13O8/c1-26(2)23-33-42(64)56-34(24-28-13-5-4-6-14-28)37(59)50-25-35(57)48-20-10-8-16-31(41(63)55-33)53-40(62)32(18-12-22-49-43(45)46)54-39(61)30(15-7-9-19-44)52-36(58)27(3)51-38(60)29-17-11-21-47-29/h4-6,13-14,26-27,29-34,47H,7-12,15-25,44H2,1-3H3,(H,48,57)(H,50,59)(H,51,60)(H,52,58)(H,53,62)(H,54,61)(H,55,63)(H,56,64)(H4,45,46,49)/t27-,29+,30-,31-,32-,33-,34-/m0/s1. The van der Waals surface area contributed by atoms with Crippen molar-refractivity contribution in [3.05, 3.63) is 35.9 Å². The number of nitrogens with zero attached hydrogens (tertiary/aromatic N) is 1. The predicted octanol–water partition coefficient (Wildman–Crippen LogP) is -2.45. The second-order valence-electron chi connectivity index (χ2n) is 16.8. The molecule has 8 amide bonds. The Morgan fingerprint density at radius 1 is 0.750 bits per heavy atom. The van der Waals surface area contributed by atoms with Crippen molar-refractivity contribution in [3.63, 3.8) is 0 Å².